The van der Waals surface area contributed by atoms with Crippen molar-refractivity contribution in [3.63, 3.8) is 0 Å². The summed E-state index contributed by atoms with van der Waals surface area (Å²) in [5.41, 5.74) is 5.96. The molecule has 2 N–H and O–H groups in total. The molecule has 1 amide bonds. The van der Waals surface area contributed by atoms with E-state index in [9.17, 15) is 4.79 Å². The summed E-state index contributed by atoms with van der Waals surface area (Å²) < 4.78 is 0. The van der Waals surface area contributed by atoms with E-state index in [0.29, 0.717) is 12.3 Å². The average Bonchev–Trinajstić information content (AvgIpc) is 2.49. The van der Waals surface area contributed by atoms with Crippen molar-refractivity contribution in [2.24, 2.45) is 11.7 Å². The van der Waals surface area contributed by atoms with Crippen LogP contribution in [0.25, 0.3) is 0 Å². The maximum atomic E-state index is 12.3. The summed E-state index contributed by atoms with van der Waals surface area (Å²) in [6.45, 7) is 3.74. The van der Waals surface area contributed by atoms with Gasteiger partial charge < -0.3 is 10.6 Å². The number of halogens is 2. The Morgan fingerprint density at radius 3 is 2.77 bits per heavy atom. The maximum absolute atomic E-state index is 12.3. The van der Waals surface area contributed by atoms with E-state index < -0.39 is 0 Å². The van der Waals surface area contributed by atoms with E-state index in [1.54, 1.807) is 11.8 Å². The number of hydrogen-bond donors (Lipinski definition) is 1. The van der Waals surface area contributed by atoms with Crippen molar-refractivity contribution < 1.29 is 4.79 Å². The highest BCUT2D eigenvalue weighted by molar-refractivity contribution is 7.99. The van der Waals surface area contributed by atoms with Crippen LogP contribution in [0.15, 0.2) is 29.2 Å². The molecular formula is C16H24Cl2N2OS. The van der Waals surface area contributed by atoms with Crippen molar-refractivity contribution in [2.75, 3.05) is 18.8 Å². The van der Waals surface area contributed by atoms with E-state index in [1.807, 2.05) is 36.1 Å². The molecule has 1 heterocycles. The molecule has 1 aliphatic heterocycles. The Kier molecular flexibility index (Phi) is 8.62. The number of rotatable bonds is 5. The molecule has 0 spiro atoms. The van der Waals surface area contributed by atoms with Crippen LogP contribution in [-0.4, -0.2) is 35.7 Å². The molecule has 2 atom stereocenters. The third kappa shape index (κ3) is 5.99. The van der Waals surface area contributed by atoms with Gasteiger partial charge >= 0.3 is 0 Å². The third-order valence-corrected chi connectivity index (χ3v) is 5.22. The molecule has 1 aliphatic rings. The molecular weight excluding hydrogens is 339 g/mol. The number of nitrogens with two attached hydrogens (primary N) is 1. The first-order valence-electron chi connectivity index (χ1n) is 7.48. The van der Waals surface area contributed by atoms with Gasteiger partial charge in [0.1, 0.15) is 0 Å². The largest absolute Gasteiger partial charge is 0.342 e. The number of piperidine rings is 1. The standard InChI is InChI=1S/C16H23ClN2OS.ClH/c1-12(18)13-3-2-9-19(11-13)16(20)8-10-21-15-6-4-14(17)5-7-15;/h4-7,12-13H,2-3,8-11,18H2,1H3;1H. The fraction of sp³-hybridized carbons (Fsp3) is 0.562. The van der Waals surface area contributed by atoms with E-state index >= 15 is 0 Å². The van der Waals surface area contributed by atoms with Crippen LogP contribution in [-0.2, 0) is 4.79 Å². The maximum Gasteiger partial charge on any atom is 0.223 e. The fourth-order valence-corrected chi connectivity index (χ4v) is 3.58. The molecule has 2 rings (SSSR count). The van der Waals surface area contributed by atoms with Gasteiger partial charge in [0.15, 0.2) is 0 Å². The number of carbonyl (C=O) groups is 1. The molecule has 0 aliphatic carbocycles. The molecule has 0 radical (unpaired) electrons. The molecule has 3 nitrogen and oxygen atoms in total. The van der Waals surface area contributed by atoms with Crippen LogP contribution in [0.2, 0.25) is 5.02 Å². The summed E-state index contributed by atoms with van der Waals surface area (Å²) in [6, 6.07) is 7.91. The smallest absolute Gasteiger partial charge is 0.223 e. The van der Waals surface area contributed by atoms with Gasteiger partial charge in [-0.1, -0.05) is 11.6 Å². The van der Waals surface area contributed by atoms with Crippen LogP contribution in [0.3, 0.4) is 0 Å². The van der Waals surface area contributed by atoms with Gasteiger partial charge in [-0.2, -0.15) is 0 Å². The number of thioether (sulfide) groups is 1. The monoisotopic (exact) mass is 362 g/mol. The second kappa shape index (κ2) is 9.66. The Balaban J connectivity index is 0.00000242. The lowest BCUT2D eigenvalue weighted by Gasteiger charge is -2.34. The second-order valence-corrected chi connectivity index (χ2v) is 7.26. The first kappa shape index (κ1) is 19.6. The van der Waals surface area contributed by atoms with Crippen molar-refractivity contribution >= 4 is 41.7 Å². The summed E-state index contributed by atoms with van der Waals surface area (Å²) in [7, 11) is 0. The lowest BCUT2D eigenvalue weighted by atomic mass is 9.92. The van der Waals surface area contributed by atoms with Crippen molar-refractivity contribution in [1.82, 2.24) is 4.90 Å². The third-order valence-electron chi connectivity index (χ3n) is 3.95. The summed E-state index contributed by atoms with van der Waals surface area (Å²) in [5.74, 6) is 1.51. The second-order valence-electron chi connectivity index (χ2n) is 5.65. The minimum absolute atomic E-state index is 0. The predicted octanol–water partition coefficient (Wildman–Crippen LogP) is 3.83. The summed E-state index contributed by atoms with van der Waals surface area (Å²) in [4.78, 5) is 15.4. The summed E-state index contributed by atoms with van der Waals surface area (Å²) in [5, 5.41) is 0.741. The van der Waals surface area contributed by atoms with Crippen molar-refractivity contribution in [3.05, 3.63) is 29.3 Å². The van der Waals surface area contributed by atoms with E-state index in [0.717, 1.165) is 41.6 Å². The highest BCUT2D eigenvalue weighted by Crippen LogP contribution is 2.23. The Bertz CT molecular complexity index is 468. The van der Waals surface area contributed by atoms with Gasteiger partial charge in [-0.25, -0.2) is 0 Å². The zero-order valence-corrected chi connectivity index (χ0v) is 15.2. The Labute approximate surface area is 148 Å². The molecule has 124 valence electrons. The molecule has 0 saturated carbocycles. The first-order valence-corrected chi connectivity index (χ1v) is 8.84. The lowest BCUT2D eigenvalue weighted by molar-refractivity contribution is -0.132. The Morgan fingerprint density at radius 1 is 1.45 bits per heavy atom. The number of likely N-dealkylation sites (tertiary alicyclic amines) is 1. The number of benzene rings is 1. The van der Waals surface area contributed by atoms with E-state index in [4.69, 9.17) is 17.3 Å². The van der Waals surface area contributed by atoms with Gasteiger partial charge in [0.2, 0.25) is 5.91 Å². The summed E-state index contributed by atoms with van der Waals surface area (Å²) >= 11 is 7.55. The van der Waals surface area contributed by atoms with Gasteiger partial charge in [-0.05, 0) is 49.9 Å². The van der Waals surface area contributed by atoms with E-state index in [-0.39, 0.29) is 24.4 Å². The molecule has 0 bridgehead atoms. The number of hydrogen-bond acceptors (Lipinski definition) is 3. The highest BCUT2D eigenvalue weighted by atomic mass is 35.5. The van der Waals surface area contributed by atoms with Gasteiger partial charge in [0, 0.05) is 41.2 Å². The first-order chi connectivity index (χ1) is 10.1. The zero-order valence-electron chi connectivity index (χ0n) is 12.8. The van der Waals surface area contributed by atoms with Crippen LogP contribution in [0.1, 0.15) is 26.2 Å². The van der Waals surface area contributed by atoms with Gasteiger partial charge in [-0.15, -0.1) is 24.2 Å². The molecule has 2 unspecified atom stereocenters. The lowest BCUT2D eigenvalue weighted by Crippen LogP contribution is -2.45. The molecule has 22 heavy (non-hydrogen) atoms. The topological polar surface area (TPSA) is 46.3 Å². The molecule has 1 aromatic rings. The van der Waals surface area contributed by atoms with Gasteiger partial charge in [0.05, 0.1) is 0 Å². The number of carbonyl (C=O) groups excluding carboxylic acids is 1. The molecule has 1 saturated heterocycles. The molecule has 1 fully saturated rings. The van der Waals surface area contributed by atoms with E-state index in [2.05, 4.69) is 0 Å². The van der Waals surface area contributed by atoms with Crippen LogP contribution >= 0.6 is 35.8 Å². The quantitative estimate of drug-likeness (QED) is 0.809. The van der Waals surface area contributed by atoms with E-state index in [1.165, 1.54) is 0 Å². The van der Waals surface area contributed by atoms with Crippen molar-refractivity contribution in [3.8, 4) is 0 Å². The van der Waals surface area contributed by atoms with Crippen molar-refractivity contribution in [1.29, 1.82) is 0 Å². The normalized spacial score (nSPS) is 19.4. The Morgan fingerprint density at radius 2 is 2.14 bits per heavy atom. The average molecular weight is 363 g/mol. The zero-order chi connectivity index (χ0) is 15.2. The molecule has 1 aromatic carbocycles. The minimum Gasteiger partial charge on any atom is -0.342 e. The Hall–Kier alpha value is -0.420. The molecule has 0 aromatic heterocycles. The van der Waals surface area contributed by atoms with Crippen LogP contribution < -0.4 is 5.73 Å². The van der Waals surface area contributed by atoms with Gasteiger partial charge in [0.25, 0.3) is 0 Å². The SMILES string of the molecule is CC(N)C1CCCN(C(=O)CCSc2ccc(Cl)cc2)C1.Cl. The minimum atomic E-state index is 0. The van der Waals surface area contributed by atoms with Crippen LogP contribution in [0.4, 0.5) is 0 Å². The number of nitrogens with zero attached hydrogens (tertiary/aromatic N) is 1. The van der Waals surface area contributed by atoms with Crippen LogP contribution in [0.5, 0.6) is 0 Å². The summed E-state index contributed by atoms with van der Waals surface area (Å²) in [6.07, 6.45) is 2.79. The van der Waals surface area contributed by atoms with Crippen LogP contribution in [0, 0.1) is 5.92 Å². The number of amides is 1. The van der Waals surface area contributed by atoms with Gasteiger partial charge in [-0.3, -0.25) is 4.79 Å². The predicted molar refractivity (Wildman–Crippen MR) is 97.0 cm³/mol. The van der Waals surface area contributed by atoms with Crippen molar-refractivity contribution in [2.45, 2.75) is 37.1 Å². The highest BCUT2D eigenvalue weighted by Gasteiger charge is 2.25. The fourth-order valence-electron chi connectivity index (χ4n) is 2.61. The molecule has 6 heteroatoms.